The van der Waals surface area contributed by atoms with Crippen LogP contribution in [0, 0.1) is 17.8 Å². The van der Waals surface area contributed by atoms with E-state index in [4.69, 9.17) is 5.11 Å². The lowest BCUT2D eigenvalue weighted by molar-refractivity contribution is -0.191. The van der Waals surface area contributed by atoms with Gasteiger partial charge in [-0.25, -0.2) is 0 Å². The highest BCUT2D eigenvalue weighted by Gasteiger charge is 2.24. The molecule has 3 heteroatoms. The number of allylic oxidation sites excluding steroid dienone is 4. The van der Waals surface area contributed by atoms with Crippen molar-refractivity contribution in [2.75, 3.05) is 6.61 Å². The molecule has 0 bridgehead atoms. The average molecular weight is 367 g/mol. The van der Waals surface area contributed by atoms with Gasteiger partial charge in [0, 0.05) is 6.42 Å². The van der Waals surface area contributed by atoms with Crippen LogP contribution in [0.1, 0.15) is 90.9 Å². The number of unbranched alkanes of at least 4 members (excludes halogenated alkanes) is 2. The first kappa shape index (κ1) is 23.4. The van der Waals surface area contributed by atoms with Crippen molar-refractivity contribution >= 4 is 0 Å². The Labute approximate surface area is 161 Å². The monoisotopic (exact) mass is 366 g/mol. The molecule has 1 fully saturated rings. The van der Waals surface area contributed by atoms with Crippen LogP contribution in [0.5, 0.6) is 0 Å². The van der Waals surface area contributed by atoms with Crippen molar-refractivity contribution in [2.45, 2.75) is 96.7 Å². The Bertz CT molecular complexity index is 400. The first-order valence-corrected chi connectivity index (χ1v) is 10.9. The normalized spacial score (nSPS) is 22.7. The minimum atomic E-state index is -1.91. The molecule has 0 aliphatic heterocycles. The highest BCUT2D eigenvalue weighted by molar-refractivity contribution is 4.98. The van der Waals surface area contributed by atoms with E-state index in [1.807, 2.05) is 0 Å². The van der Waals surface area contributed by atoms with E-state index in [-0.39, 0.29) is 6.42 Å². The summed E-state index contributed by atoms with van der Waals surface area (Å²) in [5, 5.41) is 27.5. The Morgan fingerprint density at radius 3 is 2.58 bits per heavy atom. The predicted octanol–water partition coefficient (Wildman–Crippen LogP) is 5.36. The molecule has 1 aliphatic carbocycles. The number of hydrogen-bond acceptors (Lipinski definition) is 3. The van der Waals surface area contributed by atoms with Gasteiger partial charge in [0.2, 0.25) is 0 Å². The Kier molecular flexibility index (Phi) is 12.2. The van der Waals surface area contributed by atoms with Crippen molar-refractivity contribution in [3.63, 3.8) is 0 Å². The molecule has 3 N–H and O–H groups in total. The van der Waals surface area contributed by atoms with Gasteiger partial charge in [0.25, 0.3) is 0 Å². The number of rotatable bonds is 14. The van der Waals surface area contributed by atoms with E-state index in [2.05, 4.69) is 38.2 Å². The fraction of sp³-hybridized carbons (Fsp3) is 0.826. The second kappa shape index (κ2) is 13.5. The maximum absolute atomic E-state index is 9.35. The first-order valence-electron chi connectivity index (χ1n) is 10.9. The fourth-order valence-electron chi connectivity index (χ4n) is 4.01. The van der Waals surface area contributed by atoms with Crippen molar-refractivity contribution < 1.29 is 15.3 Å². The van der Waals surface area contributed by atoms with Crippen LogP contribution in [-0.2, 0) is 0 Å². The maximum atomic E-state index is 9.35. The van der Waals surface area contributed by atoms with Gasteiger partial charge in [-0.2, -0.15) is 0 Å². The molecule has 1 aliphatic rings. The largest absolute Gasteiger partial charge is 0.391 e. The molecule has 3 nitrogen and oxygen atoms in total. The third kappa shape index (κ3) is 9.89. The summed E-state index contributed by atoms with van der Waals surface area (Å²) in [5.74, 6) is 0.448. The molecule has 26 heavy (non-hydrogen) atoms. The fourth-order valence-corrected chi connectivity index (χ4v) is 4.01. The van der Waals surface area contributed by atoms with Crippen molar-refractivity contribution in [1.29, 1.82) is 0 Å². The van der Waals surface area contributed by atoms with Crippen LogP contribution < -0.4 is 0 Å². The van der Waals surface area contributed by atoms with Gasteiger partial charge in [-0.05, 0) is 56.3 Å². The summed E-state index contributed by atoms with van der Waals surface area (Å²) in [6.07, 6.45) is 22.8. The van der Waals surface area contributed by atoms with Gasteiger partial charge in [0.1, 0.15) is 0 Å². The molecule has 0 heterocycles. The summed E-state index contributed by atoms with van der Waals surface area (Å²) in [5.41, 5.74) is 0. The summed E-state index contributed by atoms with van der Waals surface area (Å²) in [6, 6.07) is 0. The lowest BCUT2D eigenvalue weighted by Crippen LogP contribution is -2.32. The highest BCUT2D eigenvalue weighted by atomic mass is 16.5. The minimum absolute atomic E-state index is 0.221. The second-order valence-electron chi connectivity index (χ2n) is 8.18. The molecule has 0 aromatic heterocycles. The van der Waals surface area contributed by atoms with E-state index in [9.17, 15) is 10.2 Å². The van der Waals surface area contributed by atoms with Gasteiger partial charge in [0.15, 0.2) is 5.79 Å². The quantitative estimate of drug-likeness (QED) is 0.220. The summed E-state index contributed by atoms with van der Waals surface area (Å²) in [7, 11) is 0. The standard InChI is InChI=1S/C23H42O3/c1-3-5-12-20(4-2)13-10-15-22-17-11-16-21(22)14-8-6-7-9-18-23(25,26)19-24/h6,8,10,15,20-22,24-26H,3-5,7,9,11-14,16-19H2,1-2H3/t20-,21-,22-/m0/s1. The van der Waals surface area contributed by atoms with Crippen LogP contribution in [0.4, 0.5) is 0 Å². The summed E-state index contributed by atoms with van der Waals surface area (Å²) < 4.78 is 0. The van der Waals surface area contributed by atoms with Gasteiger partial charge in [-0.3, -0.25) is 0 Å². The summed E-state index contributed by atoms with van der Waals surface area (Å²) in [6.45, 7) is 4.00. The minimum Gasteiger partial charge on any atom is -0.391 e. The molecule has 152 valence electrons. The Balaban J connectivity index is 2.27. The van der Waals surface area contributed by atoms with E-state index in [0.717, 1.165) is 30.6 Å². The van der Waals surface area contributed by atoms with Crippen LogP contribution in [0.3, 0.4) is 0 Å². The van der Waals surface area contributed by atoms with Gasteiger partial charge in [-0.1, -0.05) is 70.3 Å². The van der Waals surface area contributed by atoms with Gasteiger partial charge >= 0.3 is 0 Å². The van der Waals surface area contributed by atoms with Crippen molar-refractivity contribution in [1.82, 2.24) is 0 Å². The van der Waals surface area contributed by atoms with Crippen LogP contribution in [0.15, 0.2) is 24.3 Å². The van der Waals surface area contributed by atoms with E-state index in [1.54, 1.807) is 0 Å². The van der Waals surface area contributed by atoms with Crippen LogP contribution in [0.25, 0.3) is 0 Å². The van der Waals surface area contributed by atoms with Crippen molar-refractivity contribution in [3.8, 4) is 0 Å². The molecule has 0 amide bonds. The third-order valence-electron chi connectivity index (χ3n) is 5.92. The van der Waals surface area contributed by atoms with Crippen LogP contribution >= 0.6 is 0 Å². The van der Waals surface area contributed by atoms with Gasteiger partial charge in [-0.15, -0.1) is 0 Å². The number of aliphatic hydroxyl groups excluding tert-OH is 1. The molecule has 0 aromatic rings. The van der Waals surface area contributed by atoms with E-state index in [1.165, 1.54) is 51.4 Å². The third-order valence-corrected chi connectivity index (χ3v) is 5.92. The average Bonchev–Trinajstić information content (AvgIpc) is 3.08. The zero-order valence-electron chi connectivity index (χ0n) is 17.1. The molecular weight excluding hydrogens is 324 g/mol. The lowest BCUT2D eigenvalue weighted by atomic mass is 9.90. The zero-order valence-corrected chi connectivity index (χ0v) is 17.1. The highest BCUT2D eigenvalue weighted by Crippen LogP contribution is 2.35. The molecule has 0 saturated heterocycles. The Morgan fingerprint density at radius 1 is 1.08 bits per heavy atom. The molecule has 0 spiro atoms. The van der Waals surface area contributed by atoms with E-state index < -0.39 is 12.4 Å². The summed E-state index contributed by atoms with van der Waals surface area (Å²) >= 11 is 0. The molecule has 0 unspecified atom stereocenters. The van der Waals surface area contributed by atoms with Crippen LogP contribution in [0.2, 0.25) is 0 Å². The topological polar surface area (TPSA) is 60.7 Å². The van der Waals surface area contributed by atoms with E-state index in [0.29, 0.717) is 6.42 Å². The first-order chi connectivity index (χ1) is 12.5. The number of aliphatic hydroxyl groups is 3. The molecule has 1 rings (SSSR count). The lowest BCUT2D eigenvalue weighted by Gasteiger charge is -2.17. The summed E-state index contributed by atoms with van der Waals surface area (Å²) in [4.78, 5) is 0. The number of hydrogen-bond donors (Lipinski definition) is 3. The second-order valence-corrected chi connectivity index (χ2v) is 8.18. The maximum Gasteiger partial charge on any atom is 0.186 e. The smallest absolute Gasteiger partial charge is 0.186 e. The molecule has 3 atom stereocenters. The van der Waals surface area contributed by atoms with Crippen molar-refractivity contribution in [2.24, 2.45) is 17.8 Å². The molecular formula is C23H42O3. The Morgan fingerprint density at radius 2 is 1.88 bits per heavy atom. The predicted molar refractivity (Wildman–Crippen MR) is 110 cm³/mol. The Hall–Kier alpha value is -0.640. The van der Waals surface area contributed by atoms with E-state index >= 15 is 0 Å². The van der Waals surface area contributed by atoms with Gasteiger partial charge in [0.05, 0.1) is 6.61 Å². The molecule has 0 radical (unpaired) electrons. The SMILES string of the molecule is CCCC[C@H](CC)CC=C[C@H]1CCC[C@@H]1CC=CCCCC(O)(O)CO. The molecule has 1 saturated carbocycles. The van der Waals surface area contributed by atoms with Crippen LogP contribution in [-0.4, -0.2) is 27.7 Å². The van der Waals surface area contributed by atoms with Crippen molar-refractivity contribution in [3.05, 3.63) is 24.3 Å². The molecule has 0 aromatic carbocycles. The van der Waals surface area contributed by atoms with Gasteiger partial charge < -0.3 is 15.3 Å². The zero-order chi connectivity index (χ0) is 19.3.